The van der Waals surface area contributed by atoms with E-state index in [-0.39, 0.29) is 11.9 Å². The summed E-state index contributed by atoms with van der Waals surface area (Å²) in [7, 11) is 1.86. The molecule has 0 saturated carbocycles. The summed E-state index contributed by atoms with van der Waals surface area (Å²) in [6.45, 7) is 1.66. The van der Waals surface area contributed by atoms with Crippen molar-refractivity contribution in [1.29, 1.82) is 0 Å². The first-order valence-corrected chi connectivity index (χ1v) is 5.29. The highest BCUT2D eigenvalue weighted by Gasteiger charge is 2.21. The summed E-state index contributed by atoms with van der Waals surface area (Å²) in [4.78, 5) is 13.5. The van der Waals surface area contributed by atoms with E-state index in [0.29, 0.717) is 6.42 Å². The lowest BCUT2D eigenvalue weighted by molar-refractivity contribution is -0.129. The Morgan fingerprint density at radius 2 is 2.07 bits per heavy atom. The van der Waals surface area contributed by atoms with Crippen molar-refractivity contribution in [3.05, 3.63) is 35.9 Å². The summed E-state index contributed by atoms with van der Waals surface area (Å²) >= 11 is 0. The van der Waals surface area contributed by atoms with Crippen LogP contribution in [0, 0.1) is 0 Å². The molecule has 3 nitrogen and oxygen atoms in total. The van der Waals surface area contributed by atoms with E-state index in [0.717, 1.165) is 13.1 Å². The van der Waals surface area contributed by atoms with Gasteiger partial charge in [0, 0.05) is 32.6 Å². The van der Waals surface area contributed by atoms with Gasteiger partial charge in [-0.1, -0.05) is 30.3 Å². The second-order valence-electron chi connectivity index (χ2n) is 3.94. The first-order chi connectivity index (χ1) is 7.27. The van der Waals surface area contributed by atoms with Gasteiger partial charge in [0.2, 0.25) is 5.91 Å². The van der Waals surface area contributed by atoms with Crippen molar-refractivity contribution in [2.45, 2.75) is 12.5 Å². The van der Waals surface area contributed by atoms with Crippen LogP contribution in [0.15, 0.2) is 30.3 Å². The van der Waals surface area contributed by atoms with Crippen LogP contribution in [0.4, 0.5) is 0 Å². The van der Waals surface area contributed by atoms with Gasteiger partial charge >= 0.3 is 0 Å². The van der Waals surface area contributed by atoms with Crippen LogP contribution in [-0.4, -0.2) is 30.9 Å². The van der Waals surface area contributed by atoms with Gasteiger partial charge in [-0.3, -0.25) is 4.79 Å². The second kappa shape index (κ2) is 4.45. The van der Waals surface area contributed by atoms with Gasteiger partial charge in [-0.25, -0.2) is 0 Å². The summed E-state index contributed by atoms with van der Waals surface area (Å²) in [5.74, 6) is 0.217. The maximum Gasteiger partial charge on any atom is 0.224 e. The Kier molecular flexibility index (Phi) is 3.02. The number of likely N-dealkylation sites (N-methyl/N-ethyl adjacent to an activating group) is 1. The fourth-order valence-electron chi connectivity index (χ4n) is 1.85. The zero-order valence-electron chi connectivity index (χ0n) is 8.94. The van der Waals surface area contributed by atoms with Crippen LogP contribution in [0.2, 0.25) is 0 Å². The van der Waals surface area contributed by atoms with Gasteiger partial charge in [0.05, 0.1) is 0 Å². The third kappa shape index (κ3) is 2.36. The highest BCUT2D eigenvalue weighted by molar-refractivity contribution is 5.77. The third-order valence-corrected chi connectivity index (χ3v) is 2.84. The molecule has 1 unspecified atom stereocenters. The molecule has 80 valence electrons. The molecule has 1 aliphatic rings. The molecule has 1 aliphatic heterocycles. The average molecular weight is 204 g/mol. The van der Waals surface area contributed by atoms with Crippen LogP contribution in [0.25, 0.3) is 0 Å². The monoisotopic (exact) mass is 204 g/mol. The van der Waals surface area contributed by atoms with Crippen LogP contribution < -0.4 is 5.32 Å². The predicted molar refractivity (Wildman–Crippen MR) is 59.4 cm³/mol. The lowest BCUT2D eigenvalue weighted by Gasteiger charge is -2.15. The molecule has 1 atom stereocenters. The van der Waals surface area contributed by atoms with Crippen molar-refractivity contribution < 1.29 is 4.79 Å². The van der Waals surface area contributed by atoms with Crippen LogP contribution in [0.5, 0.6) is 0 Å². The molecule has 2 rings (SSSR count). The SMILES string of the molecule is CN1CCNC(c2ccccc2)CC1=O. The number of benzene rings is 1. The molecular formula is C12H16N2O. The smallest absolute Gasteiger partial charge is 0.224 e. The number of hydrogen-bond acceptors (Lipinski definition) is 2. The summed E-state index contributed by atoms with van der Waals surface area (Å²) in [6.07, 6.45) is 0.556. The molecule has 1 N–H and O–H groups in total. The highest BCUT2D eigenvalue weighted by Crippen LogP contribution is 2.18. The molecule has 0 aliphatic carbocycles. The van der Waals surface area contributed by atoms with Crippen LogP contribution >= 0.6 is 0 Å². The normalized spacial score (nSPS) is 22.6. The molecule has 1 amide bonds. The van der Waals surface area contributed by atoms with E-state index >= 15 is 0 Å². The summed E-state index contributed by atoms with van der Waals surface area (Å²) in [5, 5.41) is 3.40. The summed E-state index contributed by atoms with van der Waals surface area (Å²) in [5.41, 5.74) is 1.20. The Bertz CT molecular complexity index is 337. The minimum Gasteiger partial charge on any atom is -0.344 e. The minimum absolute atomic E-state index is 0.170. The van der Waals surface area contributed by atoms with Crippen LogP contribution in [0.1, 0.15) is 18.0 Å². The molecule has 1 fully saturated rings. The Labute approximate surface area is 90.1 Å². The van der Waals surface area contributed by atoms with Gasteiger partial charge in [0.25, 0.3) is 0 Å². The standard InChI is InChI=1S/C12H16N2O/c1-14-8-7-13-11(9-12(14)15)10-5-3-2-4-6-10/h2-6,11,13H,7-9H2,1H3. The molecule has 1 aromatic rings. The maximum absolute atomic E-state index is 11.7. The molecule has 1 heterocycles. The second-order valence-corrected chi connectivity index (χ2v) is 3.94. The van der Waals surface area contributed by atoms with Crippen molar-refractivity contribution in [1.82, 2.24) is 10.2 Å². The molecular weight excluding hydrogens is 188 g/mol. The van der Waals surface area contributed by atoms with Crippen LogP contribution in [-0.2, 0) is 4.79 Å². The minimum atomic E-state index is 0.170. The van der Waals surface area contributed by atoms with E-state index in [4.69, 9.17) is 0 Å². The predicted octanol–water partition coefficient (Wildman–Crippen LogP) is 1.18. The van der Waals surface area contributed by atoms with Crippen molar-refractivity contribution in [2.24, 2.45) is 0 Å². The fraction of sp³-hybridized carbons (Fsp3) is 0.417. The van der Waals surface area contributed by atoms with E-state index in [1.165, 1.54) is 5.56 Å². The average Bonchev–Trinajstić information content (AvgIpc) is 2.43. The molecule has 1 aromatic carbocycles. The molecule has 0 radical (unpaired) electrons. The van der Waals surface area contributed by atoms with E-state index in [1.807, 2.05) is 25.2 Å². The zero-order valence-corrected chi connectivity index (χ0v) is 8.94. The largest absolute Gasteiger partial charge is 0.344 e. The molecule has 0 spiro atoms. The van der Waals surface area contributed by atoms with E-state index in [9.17, 15) is 4.79 Å². The first-order valence-electron chi connectivity index (χ1n) is 5.29. The molecule has 15 heavy (non-hydrogen) atoms. The molecule has 1 saturated heterocycles. The molecule has 0 bridgehead atoms. The number of carbonyl (C=O) groups is 1. The number of amides is 1. The van der Waals surface area contributed by atoms with Gasteiger partial charge in [-0.2, -0.15) is 0 Å². The Morgan fingerprint density at radius 1 is 1.33 bits per heavy atom. The topological polar surface area (TPSA) is 32.3 Å². The van der Waals surface area contributed by atoms with Crippen molar-refractivity contribution >= 4 is 5.91 Å². The Balaban J connectivity index is 2.13. The lowest BCUT2D eigenvalue weighted by Crippen LogP contribution is -2.27. The number of nitrogens with zero attached hydrogens (tertiary/aromatic N) is 1. The van der Waals surface area contributed by atoms with E-state index in [2.05, 4.69) is 17.4 Å². The molecule has 3 heteroatoms. The van der Waals surface area contributed by atoms with Gasteiger partial charge in [0.15, 0.2) is 0 Å². The lowest BCUT2D eigenvalue weighted by atomic mass is 10.0. The highest BCUT2D eigenvalue weighted by atomic mass is 16.2. The zero-order chi connectivity index (χ0) is 10.7. The number of nitrogens with one attached hydrogen (secondary N) is 1. The Morgan fingerprint density at radius 3 is 2.80 bits per heavy atom. The van der Waals surface area contributed by atoms with Crippen LogP contribution in [0.3, 0.4) is 0 Å². The van der Waals surface area contributed by atoms with Gasteiger partial charge in [0.1, 0.15) is 0 Å². The maximum atomic E-state index is 11.7. The van der Waals surface area contributed by atoms with E-state index < -0.39 is 0 Å². The summed E-state index contributed by atoms with van der Waals surface area (Å²) in [6, 6.07) is 10.3. The van der Waals surface area contributed by atoms with Gasteiger partial charge in [-0.05, 0) is 5.56 Å². The Hall–Kier alpha value is -1.35. The third-order valence-electron chi connectivity index (χ3n) is 2.84. The fourth-order valence-corrected chi connectivity index (χ4v) is 1.85. The van der Waals surface area contributed by atoms with Crippen molar-refractivity contribution in [2.75, 3.05) is 20.1 Å². The van der Waals surface area contributed by atoms with E-state index in [1.54, 1.807) is 4.90 Å². The quantitative estimate of drug-likeness (QED) is 0.745. The van der Waals surface area contributed by atoms with Crippen molar-refractivity contribution in [3.63, 3.8) is 0 Å². The van der Waals surface area contributed by atoms with Crippen molar-refractivity contribution in [3.8, 4) is 0 Å². The first kappa shape index (κ1) is 10.2. The summed E-state index contributed by atoms with van der Waals surface area (Å²) < 4.78 is 0. The van der Waals surface area contributed by atoms with Gasteiger partial charge in [-0.15, -0.1) is 0 Å². The number of rotatable bonds is 1. The molecule has 0 aromatic heterocycles. The number of hydrogen-bond donors (Lipinski definition) is 1. The number of carbonyl (C=O) groups excluding carboxylic acids is 1. The van der Waals surface area contributed by atoms with Gasteiger partial charge < -0.3 is 10.2 Å².